The van der Waals surface area contributed by atoms with E-state index in [1.54, 1.807) is 33.8 Å². The van der Waals surface area contributed by atoms with Crippen LogP contribution in [0.4, 0.5) is 14.9 Å². The van der Waals surface area contributed by atoms with Crippen LogP contribution in [0, 0.1) is 12.7 Å². The van der Waals surface area contributed by atoms with E-state index in [0.717, 1.165) is 5.56 Å². The van der Waals surface area contributed by atoms with Crippen molar-refractivity contribution in [3.8, 4) is 5.75 Å². The lowest BCUT2D eigenvalue weighted by Crippen LogP contribution is -2.27. The van der Waals surface area contributed by atoms with Crippen molar-refractivity contribution in [2.75, 3.05) is 12.4 Å². The van der Waals surface area contributed by atoms with Crippen molar-refractivity contribution < 1.29 is 18.7 Å². The number of benzene rings is 1. The molecule has 0 heterocycles. The molecule has 1 amide bonds. The molecule has 0 saturated carbocycles. The maximum atomic E-state index is 13.9. The van der Waals surface area contributed by atoms with Crippen LogP contribution in [0.25, 0.3) is 0 Å². The summed E-state index contributed by atoms with van der Waals surface area (Å²) < 4.78 is 23.8. The lowest BCUT2D eigenvalue weighted by Gasteiger charge is -2.20. The molecular weight excluding hydrogens is 237 g/mol. The van der Waals surface area contributed by atoms with E-state index in [2.05, 4.69) is 5.32 Å². The molecule has 18 heavy (non-hydrogen) atoms. The molecule has 0 aromatic heterocycles. The van der Waals surface area contributed by atoms with Crippen LogP contribution in [0.3, 0.4) is 0 Å². The van der Waals surface area contributed by atoms with Gasteiger partial charge in [-0.3, -0.25) is 5.32 Å². The summed E-state index contributed by atoms with van der Waals surface area (Å²) in [7, 11) is 1.37. The zero-order valence-electron chi connectivity index (χ0n) is 11.3. The summed E-state index contributed by atoms with van der Waals surface area (Å²) >= 11 is 0. The van der Waals surface area contributed by atoms with Crippen LogP contribution in [-0.4, -0.2) is 18.8 Å². The van der Waals surface area contributed by atoms with Gasteiger partial charge in [-0.1, -0.05) is 0 Å². The van der Waals surface area contributed by atoms with E-state index in [1.807, 2.05) is 0 Å². The Hall–Kier alpha value is -1.78. The third-order valence-electron chi connectivity index (χ3n) is 2.04. The van der Waals surface area contributed by atoms with E-state index < -0.39 is 17.5 Å². The Morgan fingerprint density at radius 3 is 2.44 bits per heavy atom. The van der Waals surface area contributed by atoms with Crippen LogP contribution < -0.4 is 10.1 Å². The number of hydrogen-bond donors (Lipinski definition) is 1. The summed E-state index contributed by atoms with van der Waals surface area (Å²) in [5.74, 6) is -0.532. The van der Waals surface area contributed by atoms with Gasteiger partial charge >= 0.3 is 6.09 Å². The Balaban J connectivity index is 2.91. The van der Waals surface area contributed by atoms with Crippen LogP contribution >= 0.6 is 0 Å². The molecule has 0 aliphatic heterocycles. The molecule has 1 rings (SSSR count). The van der Waals surface area contributed by atoms with E-state index in [-0.39, 0.29) is 11.4 Å². The zero-order valence-corrected chi connectivity index (χ0v) is 11.3. The predicted octanol–water partition coefficient (Wildman–Crippen LogP) is 3.49. The topological polar surface area (TPSA) is 47.6 Å². The molecule has 0 bridgehead atoms. The fourth-order valence-corrected chi connectivity index (χ4v) is 1.39. The number of ether oxygens (including phenoxy) is 2. The van der Waals surface area contributed by atoms with Crippen LogP contribution in [0.5, 0.6) is 5.75 Å². The lowest BCUT2D eigenvalue weighted by atomic mass is 10.2. The van der Waals surface area contributed by atoms with Gasteiger partial charge in [0.15, 0.2) is 11.6 Å². The van der Waals surface area contributed by atoms with Crippen LogP contribution in [0.1, 0.15) is 26.3 Å². The Kier molecular flexibility index (Phi) is 4.16. The first-order valence-corrected chi connectivity index (χ1v) is 5.57. The van der Waals surface area contributed by atoms with Gasteiger partial charge in [-0.2, -0.15) is 0 Å². The minimum atomic E-state index is -0.700. The SMILES string of the molecule is COc1cc(C)cc(NC(=O)OC(C)(C)C)c1F. The van der Waals surface area contributed by atoms with Crippen molar-refractivity contribution in [1.29, 1.82) is 0 Å². The number of aryl methyl sites for hydroxylation is 1. The van der Waals surface area contributed by atoms with Gasteiger partial charge in [-0.25, -0.2) is 9.18 Å². The van der Waals surface area contributed by atoms with Crippen molar-refractivity contribution in [2.45, 2.75) is 33.3 Å². The van der Waals surface area contributed by atoms with E-state index in [0.29, 0.717) is 0 Å². The first-order valence-electron chi connectivity index (χ1n) is 5.57. The fraction of sp³-hybridized carbons (Fsp3) is 0.462. The normalized spacial score (nSPS) is 11.0. The number of rotatable bonds is 2. The smallest absolute Gasteiger partial charge is 0.412 e. The highest BCUT2D eigenvalue weighted by molar-refractivity contribution is 5.85. The van der Waals surface area contributed by atoms with Gasteiger partial charge in [0, 0.05) is 0 Å². The maximum Gasteiger partial charge on any atom is 0.412 e. The van der Waals surface area contributed by atoms with E-state index >= 15 is 0 Å². The Morgan fingerprint density at radius 2 is 1.94 bits per heavy atom. The Morgan fingerprint density at radius 1 is 1.33 bits per heavy atom. The van der Waals surface area contributed by atoms with Gasteiger partial charge in [0.1, 0.15) is 5.60 Å². The van der Waals surface area contributed by atoms with Crippen LogP contribution in [-0.2, 0) is 4.74 Å². The summed E-state index contributed by atoms with van der Waals surface area (Å²) in [6.45, 7) is 6.99. The van der Waals surface area contributed by atoms with Crippen molar-refractivity contribution >= 4 is 11.8 Å². The quantitative estimate of drug-likeness (QED) is 0.880. The minimum Gasteiger partial charge on any atom is -0.494 e. The number of amides is 1. The number of anilines is 1. The molecule has 1 N–H and O–H groups in total. The molecule has 100 valence electrons. The van der Waals surface area contributed by atoms with Gasteiger partial charge in [0.2, 0.25) is 0 Å². The largest absolute Gasteiger partial charge is 0.494 e. The zero-order chi connectivity index (χ0) is 13.9. The summed E-state index contributed by atoms with van der Waals surface area (Å²) in [6, 6.07) is 3.07. The van der Waals surface area contributed by atoms with Crippen molar-refractivity contribution in [3.63, 3.8) is 0 Å². The average molecular weight is 255 g/mol. The number of hydrogen-bond acceptors (Lipinski definition) is 3. The highest BCUT2D eigenvalue weighted by Crippen LogP contribution is 2.26. The monoisotopic (exact) mass is 255 g/mol. The number of nitrogens with one attached hydrogen (secondary N) is 1. The number of methoxy groups -OCH3 is 1. The molecule has 0 aliphatic carbocycles. The third-order valence-corrected chi connectivity index (χ3v) is 2.04. The van der Waals surface area contributed by atoms with Crippen LogP contribution in [0.15, 0.2) is 12.1 Å². The van der Waals surface area contributed by atoms with E-state index in [1.165, 1.54) is 13.2 Å². The molecule has 0 fully saturated rings. The predicted molar refractivity (Wildman–Crippen MR) is 67.5 cm³/mol. The number of carbonyl (C=O) groups excluding carboxylic acids is 1. The minimum absolute atomic E-state index is 0.0427. The van der Waals surface area contributed by atoms with E-state index in [9.17, 15) is 9.18 Å². The Labute approximate surface area is 106 Å². The van der Waals surface area contributed by atoms with Gasteiger partial charge in [-0.15, -0.1) is 0 Å². The molecule has 1 aromatic carbocycles. The Bertz CT molecular complexity index is 452. The molecule has 1 aromatic rings. The number of halogens is 1. The number of carbonyl (C=O) groups is 1. The van der Waals surface area contributed by atoms with Gasteiger partial charge in [0.25, 0.3) is 0 Å². The lowest BCUT2D eigenvalue weighted by molar-refractivity contribution is 0.0635. The highest BCUT2D eigenvalue weighted by atomic mass is 19.1. The van der Waals surface area contributed by atoms with Crippen LogP contribution in [0.2, 0.25) is 0 Å². The molecule has 0 saturated heterocycles. The summed E-state index contributed by atoms with van der Waals surface area (Å²) in [5.41, 5.74) is 0.189. The summed E-state index contributed by atoms with van der Waals surface area (Å²) in [6.07, 6.45) is -0.700. The second-order valence-electron chi connectivity index (χ2n) is 4.96. The average Bonchev–Trinajstić information content (AvgIpc) is 2.20. The second kappa shape index (κ2) is 5.25. The molecule has 0 atom stereocenters. The summed E-state index contributed by atoms with van der Waals surface area (Å²) in [4.78, 5) is 11.6. The van der Waals surface area contributed by atoms with E-state index in [4.69, 9.17) is 9.47 Å². The standard InChI is InChI=1S/C13H18FNO3/c1-8-6-9(11(14)10(7-8)17-5)15-12(16)18-13(2,3)4/h6-7H,1-5H3,(H,15,16). The van der Waals surface area contributed by atoms with Gasteiger partial charge < -0.3 is 9.47 Å². The highest BCUT2D eigenvalue weighted by Gasteiger charge is 2.18. The first-order chi connectivity index (χ1) is 8.23. The molecule has 0 unspecified atom stereocenters. The maximum absolute atomic E-state index is 13.9. The second-order valence-corrected chi connectivity index (χ2v) is 4.96. The van der Waals surface area contributed by atoms with Gasteiger partial charge in [-0.05, 0) is 45.4 Å². The molecule has 0 radical (unpaired) electrons. The van der Waals surface area contributed by atoms with Crippen molar-refractivity contribution in [2.24, 2.45) is 0 Å². The van der Waals surface area contributed by atoms with Gasteiger partial charge in [0.05, 0.1) is 12.8 Å². The molecule has 0 spiro atoms. The van der Waals surface area contributed by atoms with Crippen molar-refractivity contribution in [3.05, 3.63) is 23.5 Å². The molecular formula is C13H18FNO3. The molecule has 4 nitrogen and oxygen atoms in total. The molecule has 5 heteroatoms. The summed E-state index contributed by atoms with van der Waals surface area (Å²) in [5, 5.41) is 2.37. The third kappa shape index (κ3) is 3.91. The van der Waals surface area contributed by atoms with Crippen molar-refractivity contribution in [1.82, 2.24) is 0 Å². The molecule has 0 aliphatic rings. The first kappa shape index (κ1) is 14.3. The fourth-order valence-electron chi connectivity index (χ4n) is 1.39.